The Morgan fingerprint density at radius 2 is 2.00 bits per heavy atom. The molecule has 7 heteroatoms. The summed E-state index contributed by atoms with van der Waals surface area (Å²) in [5, 5.41) is 3.84. The van der Waals surface area contributed by atoms with Crippen molar-refractivity contribution in [3.8, 4) is 5.88 Å². The standard InChI is InChI=1S/C12H18N2O5/c1-6-18-10(15)8-7-14(13-9(8)17-5)11(16)19-12(2,3)4/h7H,6H2,1-5H3. The molecule has 0 N–H and O–H groups in total. The number of carbonyl (C=O) groups excluding carboxylic acids is 2. The third-order valence-electron chi connectivity index (χ3n) is 1.95. The Morgan fingerprint density at radius 3 is 2.47 bits per heavy atom. The molecule has 0 aliphatic carbocycles. The van der Waals surface area contributed by atoms with E-state index in [9.17, 15) is 9.59 Å². The van der Waals surface area contributed by atoms with Crippen molar-refractivity contribution in [2.45, 2.75) is 33.3 Å². The first kappa shape index (κ1) is 15.0. The molecule has 106 valence electrons. The van der Waals surface area contributed by atoms with Crippen LogP contribution in [0.25, 0.3) is 0 Å². The normalized spacial score (nSPS) is 11.0. The van der Waals surface area contributed by atoms with Crippen LogP contribution in [0.3, 0.4) is 0 Å². The van der Waals surface area contributed by atoms with Crippen LogP contribution in [0.1, 0.15) is 38.1 Å². The van der Waals surface area contributed by atoms with Crippen LogP contribution in [0.15, 0.2) is 6.20 Å². The number of nitrogens with zero attached hydrogens (tertiary/aromatic N) is 2. The lowest BCUT2D eigenvalue weighted by atomic mass is 10.2. The van der Waals surface area contributed by atoms with Crippen molar-refractivity contribution in [2.75, 3.05) is 13.7 Å². The average Bonchev–Trinajstić information content (AvgIpc) is 2.71. The number of hydrogen-bond donors (Lipinski definition) is 0. The minimum absolute atomic E-state index is 0.0179. The van der Waals surface area contributed by atoms with E-state index in [0.717, 1.165) is 4.68 Å². The Bertz CT molecular complexity index is 473. The largest absolute Gasteiger partial charge is 0.479 e. The molecular formula is C12H18N2O5. The van der Waals surface area contributed by atoms with Crippen LogP contribution in [0.5, 0.6) is 5.88 Å². The molecule has 1 heterocycles. The second-order valence-corrected chi connectivity index (χ2v) is 4.70. The van der Waals surface area contributed by atoms with Crippen LogP contribution in [-0.2, 0) is 9.47 Å². The second kappa shape index (κ2) is 5.73. The van der Waals surface area contributed by atoms with Gasteiger partial charge in [-0.15, -0.1) is 5.10 Å². The van der Waals surface area contributed by atoms with Crippen LogP contribution in [0, 0.1) is 0 Å². The summed E-state index contributed by atoms with van der Waals surface area (Å²) in [6, 6.07) is 0. The van der Waals surface area contributed by atoms with Crippen molar-refractivity contribution in [3.05, 3.63) is 11.8 Å². The van der Waals surface area contributed by atoms with Gasteiger partial charge in [0.25, 0.3) is 0 Å². The Balaban J connectivity index is 2.99. The Kier molecular flexibility index (Phi) is 4.52. The van der Waals surface area contributed by atoms with E-state index >= 15 is 0 Å². The number of rotatable bonds is 3. The van der Waals surface area contributed by atoms with Crippen LogP contribution in [0.2, 0.25) is 0 Å². The third-order valence-corrected chi connectivity index (χ3v) is 1.95. The smallest absolute Gasteiger partial charge is 0.435 e. The van der Waals surface area contributed by atoms with Gasteiger partial charge in [0, 0.05) is 0 Å². The van der Waals surface area contributed by atoms with Gasteiger partial charge >= 0.3 is 12.1 Å². The highest BCUT2D eigenvalue weighted by Gasteiger charge is 2.24. The SMILES string of the molecule is CCOC(=O)c1cn(C(=O)OC(C)(C)C)nc1OC. The Hall–Kier alpha value is -2.05. The lowest BCUT2D eigenvalue weighted by Crippen LogP contribution is -2.27. The highest BCUT2D eigenvalue weighted by atomic mass is 16.6. The maximum atomic E-state index is 11.8. The van der Waals surface area contributed by atoms with E-state index in [4.69, 9.17) is 14.2 Å². The number of hydrogen-bond acceptors (Lipinski definition) is 6. The molecule has 0 aliphatic rings. The summed E-state index contributed by atoms with van der Waals surface area (Å²) >= 11 is 0. The first-order valence-corrected chi connectivity index (χ1v) is 5.82. The average molecular weight is 270 g/mol. The zero-order chi connectivity index (χ0) is 14.6. The van der Waals surface area contributed by atoms with Crippen LogP contribution in [-0.4, -0.2) is 41.2 Å². The lowest BCUT2D eigenvalue weighted by Gasteiger charge is -2.18. The Morgan fingerprint density at radius 1 is 1.37 bits per heavy atom. The first-order valence-electron chi connectivity index (χ1n) is 5.82. The molecule has 0 saturated heterocycles. The van der Waals surface area contributed by atoms with E-state index in [1.807, 2.05) is 0 Å². The number of ether oxygens (including phenoxy) is 3. The molecule has 1 rings (SSSR count). The molecule has 1 aromatic rings. The van der Waals surface area contributed by atoms with Gasteiger partial charge in [-0.1, -0.05) is 0 Å². The predicted molar refractivity (Wildman–Crippen MR) is 66.4 cm³/mol. The highest BCUT2D eigenvalue weighted by Crippen LogP contribution is 2.18. The summed E-state index contributed by atoms with van der Waals surface area (Å²) in [7, 11) is 1.35. The molecule has 0 fully saturated rings. The van der Waals surface area contributed by atoms with Crippen LogP contribution < -0.4 is 4.74 Å². The molecule has 0 amide bonds. The molecule has 0 saturated carbocycles. The van der Waals surface area contributed by atoms with Gasteiger partial charge in [-0.3, -0.25) is 0 Å². The van der Waals surface area contributed by atoms with Crippen molar-refractivity contribution in [3.63, 3.8) is 0 Å². The quantitative estimate of drug-likeness (QED) is 0.780. The minimum Gasteiger partial charge on any atom is -0.479 e. The molecular weight excluding hydrogens is 252 g/mol. The van der Waals surface area contributed by atoms with E-state index in [1.165, 1.54) is 13.3 Å². The van der Waals surface area contributed by atoms with Gasteiger partial charge in [0.05, 0.1) is 19.9 Å². The number of esters is 1. The van der Waals surface area contributed by atoms with E-state index in [0.29, 0.717) is 0 Å². The van der Waals surface area contributed by atoms with Gasteiger partial charge in [-0.05, 0) is 27.7 Å². The van der Waals surface area contributed by atoms with Crippen LogP contribution >= 0.6 is 0 Å². The van der Waals surface area contributed by atoms with Gasteiger partial charge in [0.2, 0.25) is 5.88 Å². The zero-order valence-electron chi connectivity index (χ0n) is 11.7. The van der Waals surface area contributed by atoms with E-state index in [2.05, 4.69) is 5.10 Å². The van der Waals surface area contributed by atoms with E-state index < -0.39 is 17.7 Å². The van der Waals surface area contributed by atoms with E-state index in [-0.39, 0.29) is 18.1 Å². The first-order chi connectivity index (χ1) is 8.78. The molecule has 0 atom stereocenters. The van der Waals surface area contributed by atoms with E-state index in [1.54, 1.807) is 27.7 Å². The molecule has 7 nitrogen and oxygen atoms in total. The number of methoxy groups -OCH3 is 1. The lowest BCUT2D eigenvalue weighted by molar-refractivity contribution is 0.0512. The maximum absolute atomic E-state index is 11.8. The Labute approximate surface area is 111 Å². The second-order valence-electron chi connectivity index (χ2n) is 4.70. The number of aromatic nitrogens is 2. The molecule has 0 aromatic carbocycles. The van der Waals surface area contributed by atoms with Crippen molar-refractivity contribution < 1.29 is 23.8 Å². The van der Waals surface area contributed by atoms with Crippen molar-refractivity contribution in [2.24, 2.45) is 0 Å². The summed E-state index contributed by atoms with van der Waals surface area (Å²) in [5.41, 5.74) is -0.574. The fourth-order valence-corrected chi connectivity index (χ4v) is 1.26. The van der Waals surface area contributed by atoms with Crippen molar-refractivity contribution in [1.82, 2.24) is 9.78 Å². The molecule has 19 heavy (non-hydrogen) atoms. The van der Waals surface area contributed by atoms with Crippen molar-refractivity contribution in [1.29, 1.82) is 0 Å². The zero-order valence-corrected chi connectivity index (χ0v) is 11.7. The van der Waals surface area contributed by atoms with Gasteiger partial charge in [-0.25, -0.2) is 9.59 Å². The topological polar surface area (TPSA) is 79.7 Å². The summed E-state index contributed by atoms with van der Waals surface area (Å²) < 4.78 is 15.8. The molecule has 0 bridgehead atoms. The van der Waals surface area contributed by atoms with Crippen molar-refractivity contribution >= 4 is 12.1 Å². The van der Waals surface area contributed by atoms with Crippen LogP contribution in [0.4, 0.5) is 4.79 Å². The summed E-state index contributed by atoms with van der Waals surface area (Å²) in [6.45, 7) is 7.11. The van der Waals surface area contributed by atoms with Gasteiger partial charge in [0.15, 0.2) is 0 Å². The predicted octanol–water partition coefficient (Wildman–Crippen LogP) is 1.85. The minimum atomic E-state index is -0.693. The number of carbonyl (C=O) groups is 2. The summed E-state index contributed by atoms with van der Waals surface area (Å²) in [6.07, 6.45) is 0.534. The summed E-state index contributed by atoms with van der Waals surface area (Å²) in [5.74, 6) is -0.585. The fourth-order valence-electron chi connectivity index (χ4n) is 1.26. The monoisotopic (exact) mass is 270 g/mol. The highest BCUT2D eigenvalue weighted by molar-refractivity contribution is 5.92. The third kappa shape index (κ3) is 3.97. The molecule has 0 unspecified atom stereocenters. The van der Waals surface area contributed by atoms with Gasteiger partial charge < -0.3 is 14.2 Å². The molecule has 0 spiro atoms. The van der Waals surface area contributed by atoms with Gasteiger partial charge in [-0.2, -0.15) is 4.68 Å². The molecule has 0 aliphatic heterocycles. The molecule has 1 aromatic heterocycles. The molecule has 0 radical (unpaired) electrons. The maximum Gasteiger partial charge on any atom is 0.435 e. The summed E-state index contributed by atoms with van der Waals surface area (Å²) in [4.78, 5) is 23.4. The van der Waals surface area contributed by atoms with Gasteiger partial charge in [0.1, 0.15) is 11.2 Å². The fraction of sp³-hybridized carbons (Fsp3) is 0.583.